The highest BCUT2D eigenvalue weighted by Gasteiger charge is 2.37. The Kier molecular flexibility index (Phi) is 11.6. The van der Waals surface area contributed by atoms with Crippen LogP contribution in [0.2, 0.25) is 0 Å². The van der Waals surface area contributed by atoms with Gasteiger partial charge in [0, 0.05) is 37.5 Å². The molecule has 2 fully saturated rings. The molecule has 2 aromatic carbocycles. The Morgan fingerprint density at radius 3 is 2.30 bits per heavy atom. The SMILES string of the molecule is O=C(CCN1C(=O)/C(=C/c2cc(-c3cc(C(F)(F)F)cc(C(F)(F)F)c3)cs2)SC1=S)Nc1ccc(C(=O)O)cc1OCCN1CCOCC1. The van der Waals surface area contributed by atoms with Gasteiger partial charge in [-0.2, -0.15) is 26.3 Å². The van der Waals surface area contributed by atoms with Crippen LogP contribution in [0.3, 0.4) is 0 Å². The van der Waals surface area contributed by atoms with Crippen molar-refractivity contribution in [2.24, 2.45) is 0 Å². The summed E-state index contributed by atoms with van der Waals surface area (Å²) in [5.74, 6) is -2.05. The van der Waals surface area contributed by atoms with E-state index in [0.717, 1.165) is 36.2 Å². The molecule has 3 heterocycles. The van der Waals surface area contributed by atoms with Gasteiger partial charge in [-0.15, -0.1) is 11.3 Å². The highest BCUT2D eigenvalue weighted by molar-refractivity contribution is 8.26. The van der Waals surface area contributed by atoms with Crippen LogP contribution < -0.4 is 10.1 Å². The van der Waals surface area contributed by atoms with Crippen LogP contribution in [0.5, 0.6) is 5.75 Å². The van der Waals surface area contributed by atoms with Crippen molar-refractivity contribution in [3.05, 3.63) is 74.3 Å². The summed E-state index contributed by atoms with van der Waals surface area (Å²) >= 11 is 7.28. The number of thiocarbonyl (C=S) groups is 1. The first-order chi connectivity index (χ1) is 23.6. The molecule has 0 atom stereocenters. The van der Waals surface area contributed by atoms with Crippen molar-refractivity contribution >= 4 is 69.2 Å². The number of aromatic carboxylic acids is 1. The van der Waals surface area contributed by atoms with Gasteiger partial charge >= 0.3 is 18.3 Å². The second-order valence-electron chi connectivity index (χ2n) is 11.0. The third kappa shape index (κ3) is 9.42. The second kappa shape index (κ2) is 15.5. The van der Waals surface area contributed by atoms with Gasteiger partial charge in [0.25, 0.3) is 5.91 Å². The topological polar surface area (TPSA) is 108 Å². The number of amides is 2. The summed E-state index contributed by atoms with van der Waals surface area (Å²) < 4.78 is 91.4. The van der Waals surface area contributed by atoms with Crippen LogP contribution >= 0.6 is 35.3 Å². The Morgan fingerprint density at radius 2 is 1.66 bits per heavy atom. The fraction of sp³-hybridized carbons (Fsp3) is 0.312. The van der Waals surface area contributed by atoms with Gasteiger partial charge in [-0.25, -0.2) is 4.79 Å². The highest BCUT2D eigenvalue weighted by Crippen LogP contribution is 2.40. The number of halogens is 6. The van der Waals surface area contributed by atoms with Crippen LogP contribution in [0.1, 0.15) is 32.8 Å². The molecule has 0 spiro atoms. The van der Waals surface area contributed by atoms with E-state index in [0.29, 0.717) is 36.8 Å². The molecule has 2 N–H and O–H groups in total. The van der Waals surface area contributed by atoms with Crippen LogP contribution in [-0.4, -0.2) is 83.0 Å². The molecule has 18 heteroatoms. The van der Waals surface area contributed by atoms with Gasteiger partial charge in [-0.05, 0) is 65.0 Å². The van der Waals surface area contributed by atoms with Crippen LogP contribution in [0.25, 0.3) is 17.2 Å². The third-order valence-electron chi connectivity index (χ3n) is 7.52. The van der Waals surface area contributed by atoms with Crippen molar-refractivity contribution in [2.75, 3.05) is 51.3 Å². The summed E-state index contributed by atoms with van der Waals surface area (Å²) in [5, 5.41) is 13.5. The number of hydrogen-bond donors (Lipinski definition) is 2. The van der Waals surface area contributed by atoms with Crippen LogP contribution in [0, 0.1) is 0 Å². The van der Waals surface area contributed by atoms with Crippen LogP contribution in [0.15, 0.2) is 52.7 Å². The molecule has 0 bridgehead atoms. The van der Waals surface area contributed by atoms with Crippen LogP contribution in [-0.2, 0) is 26.7 Å². The highest BCUT2D eigenvalue weighted by atomic mass is 32.2. The number of anilines is 1. The van der Waals surface area contributed by atoms with Crippen molar-refractivity contribution in [3.8, 4) is 16.9 Å². The Bertz CT molecular complexity index is 1790. The number of carboxylic acids is 1. The number of carbonyl (C=O) groups excluding carboxylic acids is 2. The van der Waals surface area contributed by atoms with Gasteiger partial charge in [0.05, 0.1) is 40.5 Å². The minimum atomic E-state index is -5.00. The molecular weight excluding hydrogens is 733 g/mol. The van der Waals surface area contributed by atoms with Crippen molar-refractivity contribution < 1.29 is 55.3 Å². The maximum absolute atomic E-state index is 13.3. The number of morpholine rings is 1. The number of thioether (sulfide) groups is 1. The molecule has 9 nitrogen and oxygen atoms in total. The molecule has 2 aliphatic heterocycles. The lowest BCUT2D eigenvalue weighted by Gasteiger charge is -2.26. The van der Waals surface area contributed by atoms with E-state index in [1.165, 1.54) is 40.6 Å². The summed E-state index contributed by atoms with van der Waals surface area (Å²) in [4.78, 5) is 41.5. The first-order valence-corrected chi connectivity index (χ1v) is 16.9. The third-order valence-corrected chi connectivity index (χ3v) is 9.78. The number of ether oxygens (including phenoxy) is 2. The minimum absolute atomic E-state index is 0.0347. The van der Waals surface area contributed by atoms with E-state index in [1.54, 1.807) is 0 Å². The van der Waals surface area contributed by atoms with Gasteiger partial charge in [-0.3, -0.25) is 19.4 Å². The lowest BCUT2D eigenvalue weighted by molar-refractivity contribution is -0.143. The zero-order chi connectivity index (χ0) is 36.2. The summed E-state index contributed by atoms with van der Waals surface area (Å²) in [6, 6.07) is 6.72. The first kappa shape index (κ1) is 37.3. The van der Waals surface area contributed by atoms with Gasteiger partial charge < -0.3 is 19.9 Å². The normalized spacial score (nSPS) is 16.7. The van der Waals surface area contributed by atoms with Crippen molar-refractivity contribution in [3.63, 3.8) is 0 Å². The Hall–Kier alpha value is -3.97. The Labute approximate surface area is 294 Å². The molecule has 5 rings (SSSR count). The number of hydrogen-bond acceptors (Lipinski definition) is 9. The fourth-order valence-electron chi connectivity index (χ4n) is 4.94. The lowest BCUT2D eigenvalue weighted by atomic mass is 10.0. The van der Waals surface area contributed by atoms with Gasteiger partial charge in [0.2, 0.25) is 5.91 Å². The molecule has 2 saturated heterocycles. The molecule has 0 saturated carbocycles. The average molecular weight is 760 g/mol. The van der Waals surface area contributed by atoms with Gasteiger partial charge in [-0.1, -0.05) is 24.0 Å². The van der Waals surface area contributed by atoms with E-state index in [4.69, 9.17) is 21.7 Å². The number of nitrogens with one attached hydrogen (secondary N) is 1. The molecule has 0 radical (unpaired) electrons. The predicted molar refractivity (Wildman–Crippen MR) is 179 cm³/mol. The molecule has 266 valence electrons. The Balaban J connectivity index is 1.22. The minimum Gasteiger partial charge on any atom is -0.490 e. The van der Waals surface area contributed by atoms with Gasteiger partial charge in [0.15, 0.2) is 0 Å². The van der Waals surface area contributed by atoms with E-state index in [9.17, 15) is 45.8 Å². The lowest BCUT2D eigenvalue weighted by Crippen LogP contribution is -2.38. The zero-order valence-corrected chi connectivity index (χ0v) is 28.2. The number of alkyl halides is 6. The zero-order valence-electron chi connectivity index (χ0n) is 25.7. The summed E-state index contributed by atoms with van der Waals surface area (Å²) in [6.45, 7) is 3.35. The molecule has 0 unspecified atom stereocenters. The summed E-state index contributed by atoms with van der Waals surface area (Å²) in [7, 11) is 0. The molecule has 1 aromatic heterocycles. The summed E-state index contributed by atoms with van der Waals surface area (Å²) in [5.41, 5.74) is -2.86. The number of nitrogens with zero attached hydrogens (tertiary/aromatic N) is 2. The van der Waals surface area contributed by atoms with Crippen molar-refractivity contribution in [1.29, 1.82) is 0 Å². The van der Waals surface area contributed by atoms with E-state index < -0.39 is 41.3 Å². The Morgan fingerprint density at radius 1 is 0.980 bits per heavy atom. The average Bonchev–Trinajstić information content (AvgIpc) is 3.63. The maximum atomic E-state index is 13.3. The van der Waals surface area contributed by atoms with E-state index in [-0.39, 0.29) is 63.0 Å². The second-order valence-corrected chi connectivity index (χ2v) is 13.6. The number of benzene rings is 2. The predicted octanol–water partition coefficient (Wildman–Crippen LogP) is 7.09. The fourth-order valence-corrected chi connectivity index (χ4v) is 7.16. The number of carbonyl (C=O) groups is 3. The van der Waals surface area contributed by atoms with Crippen LogP contribution in [0.4, 0.5) is 32.0 Å². The maximum Gasteiger partial charge on any atom is 0.416 e. The first-order valence-electron chi connectivity index (χ1n) is 14.8. The number of rotatable bonds is 11. The molecule has 50 heavy (non-hydrogen) atoms. The number of thiophene rings is 1. The van der Waals surface area contributed by atoms with Gasteiger partial charge in [0.1, 0.15) is 16.7 Å². The van der Waals surface area contributed by atoms with E-state index >= 15 is 0 Å². The number of carboxylic acid groups (broad SMARTS) is 1. The van der Waals surface area contributed by atoms with Crippen molar-refractivity contribution in [2.45, 2.75) is 18.8 Å². The largest absolute Gasteiger partial charge is 0.490 e. The molecule has 3 aromatic rings. The van der Waals surface area contributed by atoms with E-state index in [1.807, 2.05) is 0 Å². The monoisotopic (exact) mass is 759 g/mol. The molecule has 2 aliphatic rings. The smallest absolute Gasteiger partial charge is 0.416 e. The quantitative estimate of drug-likeness (QED) is 0.120. The van der Waals surface area contributed by atoms with Crippen molar-refractivity contribution in [1.82, 2.24) is 9.80 Å². The van der Waals surface area contributed by atoms with E-state index in [2.05, 4.69) is 10.2 Å². The molecule has 0 aliphatic carbocycles. The summed E-state index contributed by atoms with van der Waals surface area (Å²) in [6.07, 6.45) is -8.75. The molecular formula is C32H27F6N3O6S3. The molecule has 2 amide bonds. The standard InChI is InChI=1S/C32H27F6N3O6S3/c33-31(34,35)21-11-19(12-22(15-21)32(36,37)38)20-13-23(49-17-20)16-26-28(43)41(30(48)50-26)4-3-27(42)39-24-2-1-18(29(44)45)14-25(24)47-10-7-40-5-8-46-9-6-40/h1-2,11-17H,3-10H2,(H,39,42)(H,44,45)/b26-16-.